The van der Waals surface area contributed by atoms with Crippen molar-refractivity contribution < 1.29 is 28.5 Å². The number of rotatable bonds is 8. The number of hydrogen-bond donors (Lipinski definition) is 0. The van der Waals surface area contributed by atoms with Gasteiger partial charge in [-0.3, -0.25) is 0 Å². The highest BCUT2D eigenvalue weighted by Gasteiger charge is 2.18. The lowest BCUT2D eigenvalue weighted by Gasteiger charge is -2.16. The summed E-state index contributed by atoms with van der Waals surface area (Å²) in [6.45, 7) is 1.66. The number of hydrogen-bond acceptors (Lipinski definition) is 6. The highest BCUT2D eigenvalue weighted by molar-refractivity contribution is 6.30. The number of benzene rings is 2. The van der Waals surface area contributed by atoms with E-state index in [1.165, 1.54) is 21.3 Å². The molecule has 0 aliphatic carbocycles. The summed E-state index contributed by atoms with van der Waals surface area (Å²) in [5, 5.41) is 0.593. The highest BCUT2D eigenvalue weighted by Crippen LogP contribution is 2.38. The van der Waals surface area contributed by atoms with E-state index in [4.69, 9.17) is 35.3 Å². The van der Waals surface area contributed by atoms with E-state index in [9.17, 15) is 4.79 Å². The molecule has 0 saturated heterocycles. The summed E-state index contributed by atoms with van der Waals surface area (Å²) >= 11 is 5.82. The van der Waals surface area contributed by atoms with Crippen LogP contribution in [0.2, 0.25) is 5.02 Å². The Balaban J connectivity index is 2.00. The summed E-state index contributed by atoms with van der Waals surface area (Å²) in [4.78, 5) is 12.2. The van der Waals surface area contributed by atoms with Crippen LogP contribution in [0, 0.1) is 0 Å². The first kappa shape index (κ1) is 19.7. The van der Waals surface area contributed by atoms with Gasteiger partial charge in [-0.2, -0.15) is 0 Å². The summed E-state index contributed by atoms with van der Waals surface area (Å²) < 4.78 is 26.7. The fraction of sp³-hybridized carbons (Fsp3) is 0.316. The monoisotopic (exact) mass is 380 g/mol. The van der Waals surface area contributed by atoms with Crippen LogP contribution in [0.4, 0.5) is 0 Å². The van der Waals surface area contributed by atoms with E-state index in [1.54, 1.807) is 43.3 Å². The van der Waals surface area contributed by atoms with Crippen LogP contribution in [0.25, 0.3) is 0 Å². The van der Waals surface area contributed by atoms with Crippen LogP contribution < -0.4 is 18.9 Å². The zero-order chi connectivity index (χ0) is 19.1. The Hall–Kier alpha value is -2.60. The fourth-order valence-corrected chi connectivity index (χ4v) is 2.38. The van der Waals surface area contributed by atoms with Crippen LogP contribution in [-0.4, -0.2) is 33.4 Å². The van der Waals surface area contributed by atoms with Gasteiger partial charge in [0.1, 0.15) is 12.4 Å². The van der Waals surface area contributed by atoms with E-state index >= 15 is 0 Å². The number of carbonyl (C=O) groups excluding carboxylic acids is 1. The second-order valence-electron chi connectivity index (χ2n) is 5.36. The van der Waals surface area contributed by atoms with Crippen molar-refractivity contribution in [3.05, 3.63) is 47.0 Å². The molecule has 0 heterocycles. The van der Waals surface area contributed by atoms with E-state index in [0.29, 0.717) is 33.6 Å². The minimum atomic E-state index is -0.766. The van der Waals surface area contributed by atoms with Crippen LogP contribution in [0.5, 0.6) is 23.0 Å². The Labute approximate surface area is 157 Å². The van der Waals surface area contributed by atoms with Crippen molar-refractivity contribution in [2.45, 2.75) is 19.6 Å². The van der Waals surface area contributed by atoms with Gasteiger partial charge >= 0.3 is 5.97 Å². The molecule has 0 amide bonds. The van der Waals surface area contributed by atoms with Gasteiger partial charge in [0.2, 0.25) is 5.75 Å². The minimum Gasteiger partial charge on any atom is -0.493 e. The summed E-state index contributed by atoms with van der Waals surface area (Å²) in [6.07, 6.45) is -0.766. The molecule has 1 atom stereocenters. The van der Waals surface area contributed by atoms with Gasteiger partial charge in [-0.25, -0.2) is 4.79 Å². The summed E-state index contributed by atoms with van der Waals surface area (Å²) in [7, 11) is 4.57. The fourth-order valence-electron chi connectivity index (χ4n) is 2.26. The molecule has 0 spiro atoms. The van der Waals surface area contributed by atoms with Crippen LogP contribution in [-0.2, 0) is 16.1 Å². The van der Waals surface area contributed by atoms with Crippen molar-refractivity contribution in [3.63, 3.8) is 0 Å². The van der Waals surface area contributed by atoms with Crippen molar-refractivity contribution in [3.8, 4) is 23.0 Å². The maximum absolute atomic E-state index is 12.2. The lowest BCUT2D eigenvalue weighted by atomic mass is 10.2. The minimum absolute atomic E-state index is 0.0455. The third-order valence-electron chi connectivity index (χ3n) is 3.56. The van der Waals surface area contributed by atoms with Crippen LogP contribution >= 0.6 is 11.6 Å². The molecular formula is C19H21ClO6. The Kier molecular flexibility index (Phi) is 6.97. The Morgan fingerprint density at radius 3 is 2.08 bits per heavy atom. The standard InChI is InChI=1S/C19H21ClO6/c1-12(26-15-7-5-14(20)6-8-15)19(21)25-11-13-9-16(22-2)18(24-4)17(10-13)23-3/h5-10,12H,11H2,1-4H3/t12-/m1/s1. The van der Waals surface area contributed by atoms with Crippen molar-refractivity contribution in [2.75, 3.05) is 21.3 Å². The van der Waals surface area contributed by atoms with Gasteiger partial charge in [0.15, 0.2) is 17.6 Å². The first-order valence-electron chi connectivity index (χ1n) is 7.86. The second-order valence-corrected chi connectivity index (χ2v) is 5.79. The quantitative estimate of drug-likeness (QED) is 0.648. The molecular weight excluding hydrogens is 360 g/mol. The van der Waals surface area contributed by atoms with Crippen molar-refractivity contribution in [1.29, 1.82) is 0 Å². The summed E-state index contributed by atoms with van der Waals surface area (Å²) in [6, 6.07) is 10.2. The van der Waals surface area contributed by atoms with Crippen molar-refractivity contribution in [1.82, 2.24) is 0 Å². The average molecular weight is 381 g/mol. The van der Waals surface area contributed by atoms with Gasteiger partial charge in [-0.15, -0.1) is 0 Å². The topological polar surface area (TPSA) is 63.2 Å². The molecule has 0 aliphatic rings. The number of methoxy groups -OCH3 is 3. The molecule has 26 heavy (non-hydrogen) atoms. The lowest BCUT2D eigenvalue weighted by Crippen LogP contribution is -2.26. The largest absolute Gasteiger partial charge is 0.493 e. The van der Waals surface area contributed by atoms with Gasteiger partial charge in [0.25, 0.3) is 0 Å². The summed E-state index contributed by atoms with van der Waals surface area (Å²) in [5.41, 5.74) is 0.701. The van der Waals surface area contributed by atoms with Gasteiger partial charge in [-0.1, -0.05) is 11.6 Å². The third-order valence-corrected chi connectivity index (χ3v) is 3.82. The molecule has 7 heteroatoms. The molecule has 0 saturated carbocycles. The van der Waals surface area contributed by atoms with Gasteiger partial charge in [-0.05, 0) is 48.9 Å². The molecule has 0 bridgehead atoms. The second kappa shape index (κ2) is 9.20. The van der Waals surface area contributed by atoms with E-state index in [1.807, 2.05) is 0 Å². The molecule has 6 nitrogen and oxygen atoms in total. The molecule has 0 aromatic heterocycles. The number of esters is 1. The maximum Gasteiger partial charge on any atom is 0.347 e. The molecule has 2 rings (SSSR count). The Bertz CT molecular complexity index is 719. The lowest BCUT2D eigenvalue weighted by molar-refractivity contribution is -0.152. The maximum atomic E-state index is 12.2. The molecule has 0 aliphatic heterocycles. The summed E-state index contributed by atoms with van der Waals surface area (Å²) in [5.74, 6) is 1.50. The molecule has 0 fully saturated rings. The van der Waals surface area contributed by atoms with E-state index < -0.39 is 12.1 Å². The van der Waals surface area contributed by atoms with E-state index in [0.717, 1.165) is 0 Å². The van der Waals surface area contributed by atoms with Crippen LogP contribution in [0.1, 0.15) is 12.5 Å². The van der Waals surface area contributed by atoms with Crippen molar-refractivity contribution in [2.24, 2.45) is 0 Å². The molecule has 2 aromatic carbocycles. The third kappa shape index (κ3) is 4.95. The molecule has 140 valence electrons. The predicted molar refractivity (Wildman–Crippen MR) is 97.4 cm³/mol. The SMILES string of the molecule is COc1cc(COC(=O)[C@@H](C)Oc2ccc(Cl)cc2)cc(OC)c1OC. The van der Waals surface area contributed by atoms with Gasteiger partial charge in [0.05, 0.1) is 21.3 Å². The van der Waals surface area contributed by atoms with Crippen molar-refractivity contribution >= 4 is 17.6 Å². The molecule has 0 radical (unpaired) electrons. The number of ether oxygens (including phenoxy) is 5. The molecule has 0 N–H and O–H groups in total. The first-order chi connectivity index (χ1) is 12.5. The zero-order valence-corrected chi connectivity index (χ0v) is 15.8. The van der Waals surface area contributed by atoms with Gasteiger partial charge < -0.3 is 23.7 Å². The number of carbonyl (C=O) groups is 1. The van der Waals surface area contributed by atoms with E-state index in [-0.39, 0.29) is 6.61 Å². The smallest absolute Gasteiger partial charge is 0.347 e. The van der Waals surface area contributed by atoms with Gasteiger partial charge in [0, 0.05) is 5.02 Å². The van der Waals surface area contributed by atoms with Crippen LogP contribution in [0.15, 0.2) is 36.4 Å². The van der Waals surface area contributed by atoms with E-state index in [2.05, 4.69) is 0 Å². The normalized spacial score (nSPS) is 11.4. The molecule has 2 aromatic rings. The highest BCUT2D eigenvalue weighted by atomic mass is 35.5. The average Bonchev–Trinajstić information content (AvgIpc) is 2.66. The number of halogens is 1. The Morgan fingerprint density at radius 2 is 1.58 bits per heavy atom. The van der Waals surface area contributed by atoms with Crippen LogP contribution in [0.3, 0.4) is 0 Å². The predicted octanol–water partition coefficient (Wildman–Crippen LogP) is 3.88. The molecule has 0 unspecified atom stereocenters. The Morgan fingerprint density at radius 1 is 1.00 bits per heavy atom. The first-order valence-corrected chi connectivity index (χ1v) is 8.24. The zero-order valence-electron chi connectivity index (χ0n) is 15.1.